The van der Waals surface area contributed by atoms with Gasteiger partial charge in [0.05, 0.1) is 24.7 Å². The van der Waals surface area contributed by atoms with Gasteiger partial charge in [0.2, 0.25) is 65.0 Å². The molecule has 5 aliphatic rings. The van der Waals surface area contributed by atoms with E-state index in [-0.39, 0.29) is 152 Å². The van der Waals surface area contributed by atoms with Crippen molar-refractivity contribution in [1.29, 1.82) is 0 Å². The Balaban J connectivity index is 0.000000544. The van der Waals surface area contributed by atoms with Crippen LogP contribution in [0.3, 0.4) is 0 Å². The Morgan fingerprint density at radius 1 is 0.566 bits per heavy atom. The first-order valence-corrected chi connectivity index (χ1v) is 46.4. The zero-order chi connectivity index (χ0) is 95.6. The predicted molar refractivity (Wildman–Crippen MR) is 495 cm³/mol. The van der Waals surface area contributed by atoms with Crippen LogP contribution in [-0.2, 0) is 90.8 Å². The summed E-state index contributed by atoms with van der Waals surface area (Å²) in [4.78, 5) is 190. The smallest absolute Gasteiger partial charge is 0.407 e. The molecule has 1 aliphatic carbocycles. The van der Waals surface area contributed by atoms with E-state index in [1.54, 1.807) is 69.5 Å². The molecule has 0 aromatic rings. The molecule has 5 rings (SSSR count). The van der Waals surface area contributed by atoms with Crippen molar-refractivity contribution in [1.82, 2.24) is 57.7 Å². The van der Waals surface area contributed by atoms with E-state index in [0.717, 1.165) is 43.3 Å². The summed E-state index contributed by atoms with van der Waals surface area (Å²) in [5.41, 5.74) is 0.588. The lowest BCUT2D eigenvalue weighted by Crippen LogP contribution is -2.52. The summed E-state index contributed by atoms with van der Waals surface area (Å²) in [7, 11) is 4.49. The monoisotopic (exact) mass is 1830 g/mol. The van der Waals surface area contributed by atoms with Gasteiger partial charge in [0.1, 0.15) is 36.5 Å². The van der Waals surface area contributed by atoms with Gasteiger partial charge >= 0.3 is 24.1 Å². The van der Waals surface area contributed by atoms with Crippen LogP contribution in [0, 0.1) is 58.2 Å². The fourth-order valence-corrected chi connectivity index (χ4v) is 15.8. The average Bonchev–Trinajstić information content (AvgIpc) is 1.03. The van der Waals surface area contributed by atoms with Gasteiger partial charge in [0.25, 0.3) is 0 Å². The number of nitrogens with one attached hydrogen (secondary N) is 9. The third kappa shape index (κ3) is 42.3. The number of allylic oxidation sites excluding steroid dienone is 8. The lowest BCUT2D eigenvalue weighted by molar-refractivity contribution is -0.152. The molecule has 2 unspecified atom stereocenters. The second-order valence-electron chi connectivity index (χ2n) is 34.0. The fraction of sp³-hybridized carbons (Fsp3) is 0.589. The standard InChI is InChI=1S/C50H72N6O11S.C45H65N5O10S/c1-9-10-16-37(17-13-26-53-46(61)44(50(4,5)6)55-42(58)18-12-11-15-33(2)30-34(3)38-23-24-39(65-8)48(63)67-38)66-49(64)54-28-14-27-52-41(57)25-29-68-40-31-43(59)56(47(40)62)32-35-19-21-36(22-20-35)45(60)51-7;1-9-10-19-33(59-44(57)48-27-17-26-46-37(51)21-12-11-15-28-50-39(53)30-36(61-8)42(50)55)20-16-25-47-41(54)40(45(4,5)6)49-38(52)22-14-13-18-31(2)29-32(3)34-23-24-35(58-7)43(56)60-34/h11-13,15,18,24,26,30,34-38,40,44H,14,16-17,19-23,25,27-29,31-32H2,1-8H3,(H,51,60)(H,52,57)(H,53,61)(H,54,64)(H,55,58);13-14,16,18,22,24-25,29,32-34,36,40H,11-12,15,17,19-21,23,26-28,30H2,1-8H3,(H,46,51)(H,47,54)(H,48,57)(H,49,52)/b15-11-,18-12-,26-13-,33-30+;18-13-,22-14-,25-16-,31-29+/t34-,35?,36?,37-,38-,40?,44+;32-,33-,34-,36?,40+/m00/s1. The molecule has 2 saturated heterocycles. The maximum Gasteiger partial charge on any atom is 0.407 e. The normalized spacial score (nSPS) is 20.0. The van der Waals surface area contributed by atoms with Crippen molar-refractivity contribution >= 4 is 113 Å². The number of alkyl carbamates (subject to hydrolysis) is 2. The summed E-state index contributed by atoms with van der Waals surface area (Å²) >= 11 is 2.70. The summed E-state index contributed by atoms with van der Waals surface area (Å²) in [5.74, 6) is 8.65. The highest BCUT2D eigenvalue weighted by atomic mass is 32.2. The fourth-order valence-electron chi connectivity index (χ4n) is 14.0. The first-order valence-electron chi connectivity index (χ1n) is 44.1. The SMILES string of the molecule is CC#CC[C@@H](C/C=C\NC(=O)[C@@H](NC(=O)\C=C/C=C\C(C)=C\[C@H](C)[C@@H]1CC=C(OC)C(=O)O1)C(C)(C)C)OC(=O)NCCCNC(=O)CCCCCN1C(=O)CC(SC)C1=O.CC#CC[C@@H](C/C=C\NC(=O)[C@@H](NC(=O)\C=C/C=C\C(C)=C\[C@H](C)[C@@H]1CC=C(OC)C(=O)O1)C(C)(C)C)OC(=O)NCCCNC(=O)CCSC1CC(=O)N(CC2CCC(C(=O)NC)CC2)C1=O. The number of carbonyl (C=O) groups excluding carboxylic acids is 15. The zero-order valence-corrected chi connectivity index (χ0v) is 79.5. The van der Waals surface area contributed by atoms with Gasteiger partial charge in [-0.2, -0.15) is 11.8 Å². The molecule has 4 aliphatic heterocycles. The number of carbonyl (C=O) groups is 15. The number of esters is 2. The van der Waals surface area contributed by atoms with Gasteiger partial charge in [0.15, 0.2) is 11.5 Å². The van der Waals surface area contributed by atoms with Gasteiger partial charge in [-0.25, -0.2) is 19.2 Å². The van der Waals surface area contributed by atoms with Gasteiger partial charge in [-0.3, -0.25) is 62.5 Å². The highest BCUT2D eigenvalue weighted by Crippen LogP contribution is 2.34. The van der Waals surface area contributed by atoms with Crippen molar-refractivity contribution in [2.75, 3.05) is 72.5 Å². The zero-order valence-electron chi connectivity index (χ0n) is 77.8. The van der Waals surface area contributed by atoms with Crippen LogP contribution in [0.2, 0.25) is 0 Å². The summed E-state index contributed by atoms with van der Waals surface area (Å²) in [6.07, 6.45) is 34.3. The number of unbranched alkanes of at least 4 members (excludes halogenated alkanes) is 2. The number of methoxy groups -OCH3 is 2. The number of nitrogens with zero attached hydrogens (tertiary/aromatic N) is 2. The Morgan fingerprint density at radius 3 is 1.43 bits per heavy atom. The largest absolute Gasteiger partial charge is 0.490 e. The van der Waals surface area contributed by atoms with Crippen LogP contribution in [0.4, 0.5) is 9.59 Å². The quantitative estimate of drug-likeness (QED) is 0.00520. The van der Waals surface area contributed by atoms with E-state index < -0.39 is 88.1 Å². The summed E-state index contributed by atoms with van der Waals surface area (Å²) in [6, 6.07) is -1.74. The predicted octanol–water partition coefficient (Wildman–Crippen LogP) is 10.0. The average molecular weight is 1830 g/mol. The number of hydrogen-bond acceptors (Lipinski definition) is 23. The Bertz CT molecular complexity index is 4290. The van der Waals surface area contributed by atoms with Crippen LogP contribution < -0.4 is 47.9 Å². The first-order chi connectivity index (χ1) is 61.4. The minimum atomic E-state index is -0.875. The highest BCUT2D eigenvalue weighted by Gasteiger charge is 2.42. The Kier molecular flexibility index (Phi) is 50.5. The summed E-state index contributed by atoms with van der Waals surface area (Å²) in [5, 5.41) is 23.9. The molecule has 710 valence electrons. The molecule has 32 nitrogen and oxygen atoms in total. The van der Waals surface area contributed by atoms with E-state index in [0.29, 0.717) is 76.9 Å². The molecule has 0 radical (unpaired) electrons. The number of ether oxygens (including phenoxy) is 6. The molecule has 10 atom stereocenters. The highest BCUT2D eigenvalue weighted by molar-refractivity contribution is 8.00. The van der Waals surface area contributed by atoms with Crippen molar-refractivity contribution in [2.45, 2.75) is 252 Å². The van der Waals surface area contributed by atoms with Crippen molar-refractivity contribution in [3.05, 3.63) is 120 Å². The van der Waals surface area contributed by atoms with Crippen LogP contribution in [0.25, 0.3) is 0 Å². The molecule has 4 heterocycles. The number of thioether (sulfide) groups is 2. The van der Waals surface area contributed by atoms with E-state index in [2.05, 4.69) is 71.5 Å². The van der Waals surface area contributed by atoms with Crippen LogP contribution in [0.15, 0.2) is 120 Å². The molecule has 1 saturated carbocycles. The summed E-state index contributed by atoms with van der Waals surface area (Å²) < 4.78 is 32.1. The van der Waals surface area contributed by atoms with E-state index in [9.17, 15) is 71.9 Å². The molecule has 9 N–H and O–H groups in total. The second-order valence-corrected chi connectivity index (χ2v) is 36.3. The molecule has 0 spiro atoms. The van der Waals surface area contributed by atoms with Gasteiger partial charge in [-0.05, 0) is 127 Å². The lowest BCUT2D eigenvalue weighted by Gasteiger charge is -2.29. The second kappa shape index (κ2) is 59.2. The Labute approximate surface area is 769 Å². The number of amides is 13. The minimum absolute atomic E-state index is 0.0150. The minimum Gasteiger partial charge on any atom is -0.490 e. The molecular weight excluding hydrogens is 1700 g/mol. The van der Waals surface area contributed by atoms with Crippen LogP contribution in [0.1, 0.15) is 205 Å². The van der Waals surface area contributed by atoms with E-state index in [4.69, 9.17) is 28.4 Å². The molecule has 0 bridgehead atoms. The molecule has 129 heavy (non-hydrogen) atoms. The Morgan fingerprint density at radius 2 is 1.00 bits per heavy atom. The van der Waals surface area contributed by atoms with Crippen LogP contribution in [-0.4, -0.2) is 218 Å². The lowest BCUT2D eigenvalue weighted by atomic mass is 9.81. The molecule has 0 aromatic heterocycles. The van der Waals surface area contributed by atoms with E-state index >= 15 is 0 Å². The van der Waals surface area contributed by atoms with Crippen molar-refractivity contribution in [2.24, 2.45) is 34.5 Å². The third-order valence-corrected chi connectivity index (χ3v) is 23.5. The molecule has 13 amide bonds. The third-order valence-electron chi connectivity index (χ3n) is 21.4. The maximum absolute atomic E-state index is 13.2. The van der Waals surface area contributed by atoms with Crippen molar-refractivity contribution < 1.29 is 100 Å². The van der Waals surface area contributed by atoms with Gasteiger partial charge in [-0.1, -0.05) is 146 Å². The number of imide groups is 2. The number of hydrogen-bond donors (Lipinski definition) is 9. The van der Waals surface area contributed by atoms with Crippen LogP contribution >= 0.6 is 23.5 Å². The van der Waals surface area contributed by atoms with Gasteiger partial charge in [0, 0.05) is 146 Å². The topological polar surface area (TPSA) is 426 Å². The van der Waals surface area contributed by atoms with Gasteiger partial charge < -0.3 is 76.3 Å². The van der Waals surface area contributed by atoms with Crippen LogP contribution in [0.5, 0.6) is 0 Å². The first kappa shape index (κ1) is 110. The van der Waals surface area contributed by atoms with Crippen molar-refractivity contribution in [3.8, 4) is 23.7 Å². The number of likely N-dealkylation sites (tertiary alicyclic amines) is 2. The van der Waals surface area contributed by atoms with E-state index in [1.807, 2.05) is 99.8 Å². The Hall–Kier alpha value is -11.1. The molecule has 34 heteroatoms. The molecule has 3 fully saturated rings. The van der Waals surface area contributed by atoms with Crippen molar-refractivity contribution in [3.63, 3.8) is 0 Å². The van der Waals surface area contributed by atoms with E-state index in [1.165, 1.54) is 72.1 Å². The van der Waals surface area contributed by atoms with Gasteiger partial charge in [-0.15, -0.1) is 23.6 Å². The molecule has 0 aromatic carbocycles. The summed E-state index contributed by atoms with van der Waals surface area (Å²) in [6.45, 7) is 24.1. The number of cyclic esters (lactones) is 2. The maximum atomic E-state index is 13.2. The number of rotatable bonds is 48. The molecular formula is C95H137N11O21S2.